The molecule has 5 nitrogen and oxygen atoms in total. The Kier molecular flexibility index (Phi) is 3.58. The van der Waals surface area contributed by atoms with E-state index in [1.165, 1.54) is 31.4 Å². The largest absolute Gasteiger partial charge is 0.498 e. The second-order valence-electron chi connectivity index (χ2n) is 5.36. The van der Waals surface area contributed by atoms with Crippen LogP contribution in [0.25, 0.3) is 0 Å². The number of hydrogen-bond acceptors (Lipinski definition) is 4. The van der Waals surface area contributed by atoms with Gasteiger partial charge in [-0.25, -0.2) is 5.06 Å². The Morgan fingerprint density at radius 2 is 1.91 bits per heavy atom. The molecule has 1 fully saturated rings. The molecule has 1 aromatic carbocycles. The Bertz CT molecular complexity index is 664. The Labute approximate surface area is 128 Å². The van der Waals surface area contributed by atoms with Gasteiger partial charge in [-0.1, -0.05) is 30.3 Å². The molecule has 2 aliphatic rings. The van der Waals surface area contributed by atoms with Crippen molar-refractivity contribution in [1.29, 1.82) is 0 Å². The molecule has 1 aliphatic carbocycles. The number of amides is 1. The Hall–Kier alpha value is -2.40. The van der Waals surface area contributed by atoms with E-state index in [-0.39, 0.29) is 17.6 Å². The first-order chi connectivity index (χ1) is 10.6. The molecule has 3 rings (SSSR count). The summed E-state index contributed by atoms with van der Waals surface area (Å²) in [5.74, 6) is -0.212. The molecule has 0 N–H and O–H groups in total. The van der Waals surface area contributed by atoms with E-state index in [2.05, 4.69) is 0 Å². The molecule has 22 heavy (non-hydrogen) atoms. The summed E-state index contributed by atoms with van der Waals surface area (Å²) < 4.78 is 5.38. The lowest BCUT2D eigenvalue weighted by molar-refractivity contribution is -0.188. The summed E-state index contributed by atoms with van der Waals surface area (Å²) in [6, 6.07) is 9.55. The molecule has 1 aromatic rings. The van der Waals surface area contributed by atoms with Gasteiger partial charge in [0.1, 0.15) is 11.3 Å². The number of benzene rings is 1. The van der Waals surface area contributed by atoms with Gasteiger partial charge in [0.2, 0.25) is 0 Å². The number of carbonyl (C=O) groups excluding carboxylic acids is 2. The van der Waals surface area contributed by atoms with Crippen molar-refractivity contribution in [3.8, 4) is 0 Å². The summed E-state index contributed by atoms with van der Waals surface area (Å²) in [4.78, 5) is 29.7. The predicted molar refractivity (Wildman–Crippen MR) is 79.6 cm³/mol. The lowest BCUT2D eigenvalue weighted by Gasteiger charge is -2.35. The van der Waals surface area contributed by atoms with Crippen LogP contribution in [0, 0.1) is 0 Å². The third-order valence-corrected chi connectivity index (χ3v) is 4.20. The molecule has 0 unspecified atom stereocenters. The third kappa shape index (κ3) is 2.05. The van der Waals surface area contributed by atoms with Gasteiger partial charge in [0.05, 0.1) is 20.1 Å². The molecular formula is C17H17NO4. The van der Waals surface area contributed by atoms with Crippen molar-refractivity contribution in [3.63, 3.8) is 0 Å². The number of hydrogen-bond donors (Lipinski definition) is 0. The molecule has 2 atom stereocenters. The van der Waals surface area contributed by atoms with Gasteiger partial charge in [0.25, 0.3) is 5.91 Å². The number of allylic oxidation sites excluding steroid dienone is 2. The maximum absolute atomic E-state index is 12.8. The maximum Gasteiger partial charge on any atom is 0.255 e. The smallest absolute Gasteiger partial charge is 0.255 e. The topological polar surface area (TPSA) is 55.8 Å². The molecule has 0 saturated carbocycles. The van der Waals surface area contributed by atoms with E-state index in [0.717, 1.165) is 5.56 Å². The average Bonchev–Trinajstić information content (AvgIpc) is 2.83. The van der Waals surface area contributed by atoms with Gasteiger partial charge in [-0.15, -0.1) is 0 Å². The quantitative estimate of drug-likeness (QED) is 0.856. The van der Waals surface area contributed by atoms with Crippen molar-refractivity contribution in [2.24, 2.45) is 0 Å². The number of ether oxygens (including phenoxy) is 1. The number of nitrogens with zero attached hydrogens (tertiary/aromatic N) is 1. The van der Waals surface area contributed by atoms with Crippen LogP contribution in [0.5, 0.6) is 0 Å². The van der Waals surface area contributed by atoms with Gasteiger partial charge in [0.15, 0.2) is 5.78 Å². The molecule has 1 spiro atoms. The first kappa shape index (κ1) is 14.5. The minimum Gasteiger partial charge on any atom is -0.498 e. The predicted octanol–water partition coefficient (Wildman–Crippen LogP) is 1.97. The summed E-state index contributed by atoms with van der Waals surface area (Å²) in [6.45, 7) is 0. The minimum absolute atomic E-state index is 0.143. The molecule has 1 heterocycles. The van der Waals surface area contributed by atoms with E-state index in [4.69, 9.17) is 9.57 Å². The van der Waals surface area contributed by atoms with Crippen molar-refractivity contribution in [2.75, 3.05) is 14.2 Å². The normalized spacial score (nSPS) is 27.5. The van der Waals surface area contributed by atoms with E-state index in [9.17, 15) is 9.59 Å². The minimum atomic E-state index is -0.866. The molecule has 5 heteroatoms. The summed E-state index contributed by atoms with van der Waals surface area (Å²) in [6.07, 6.45) is 5.02. The highest BCUT2D eigenvalue weighted by Gasteiger charge is 2.55. The fourth-order valence-electron chi connectivity index (χ4n) is 3.19. The van der Waals surface area contributed by atoms with Crippen LogP contribution < -0.4 is 0 Å². The van der Waals surface area contributed by atoms with Crippen molar-refractivity contribution in [1.82, 2.24) is 5.06 Å². The van der Waals surface area contributed by atoms with Crippen molar-refractivity contribution in [3.05, 3.63) is 59.9 Å². The molecule has 0 bridgehead atoms. The highest BCUT2D eigenvalue weighted by Crippen LogP contribution is 2.46. The zero-order valence-electron chi connectivity index (χ0n) is 12.5. The van der Waals surface area contributed by atoms with E-state index < -0.39 is 5.54 Å². The lowest BCUT2D eigenvalue weighted by atomic mass is 9.84. The molecule has 1 aliphatic heterocycles. The first-order valence-electron chi connectivity index (χ1n) is 7.05. The summed E-state index contributed by atoms with van der Waals surface area (Å²) in [5, 5.41) is 1.31. The number of methoxy groups -OCH3 is 1. The fourth-order valence-corrected chi connectivity index (χ4v) is 3.19. The molecule has 0 radical (unpaired) electrons. The summed E-state index contributed by atoms with van der Waals surface area (Å²) in [7, 11) is 2.94. The van der Waals surface area contributed by atoms with Crippen molar-refractivity contribution in [2.45, 2.75) is 17.9 Å². The molecule has 1 saturated heterocycles. The van der Waals surface area contributed by atoms with Gasteiger partial charge >= 0.3 is 0 Å². The second kappa shape index (κ2) is 5.42. The summed E-state index contributed by atoms with van der Waals surface area (Å²) >= 11 is 0. The third-order valence-electron chi connectivity index (χ3n) is 4.20. The van der Waals surface area contributed by atoms with Gasteiger partial charge < -0.3 is 4.74 Å². The van der Waals surface area contributed by atoms with Gasteiger partial charge in [-0.3, -0.25) is 14.4 Å². The fraction of sp³-hybridized carbons (Fsp3) is 0.294. The zero-order valence-corrected chi connectivity index (χ0v) is 12.5. The first-order valence-corrected chi connectivity index (χ1v) is 7.05. The molecule has 0 aromatic heterocycles. The van der Waals surface area contributed by atoms with Crippen LogP contribution in [0.1, 0.15) is 17.9 Å². The van der Waals surface area contributed by atoms with E-state index in [1.807, 2.05) is 30.3 Å². The van der Waals surface area contributed by atoms with E-state index in [1.54, 1.807) is 6.08 Å². The standard InChI is InChI=1S/C17H17NO4/c1-21-15-10-13(19)8-9-17(15)11-14(16(20)18(17)22-2)12-6-4-3-5-7-12/h3-10,14H,11H2,1-2H3/t14-,17-/m1/s1. The number of ketones is 1. The molecule has 1 amide bonds. The van der Waals surface area contributed by atoms with Crippen LogP contribution in [0.2, 0.25) is 0 Å². The van der Waals surface area contributed by atoms with Crippen molar-refractivity contribution >= 4 is 11.7 Å². The molecular weight excluding hydrogens is 282 g/mol. The highest BCUT2D eigenvalue weighted by atomic mass is 16.7. The van der Waals surface area contributed by atoms with Gasteiger partial charge in [-0.05, 0) is 24.1 Å². The van der Waals surface area contributed by atoms with Gasteiger partial charge in [0, 0.05) is 6.08 Å². The Morgan fingerprint density at radius 3 is 2.55 bits per heavy atom. The lowest BCUT2D eigenvalue weighted by Crippen LogP contribution is -2.46. The van der Waals surface area contributed by atoms with E-state index in [0.29, 0.717) is 12.2 Å². The number of rotatable bonds is 3. The summed E-state index contributed by atoms with van der Waals surface area (Å²) in [5.41, 5.74) is 0.0572. The highest BCUT2D eigenvalue weighted by molar-refractivity contribution is 6.02. The van der Waals surface area contributed by atoms with Crippen LogP contribution in [-0.4, -0.2) is 36.5 Å². The second-order valence-corrected chi connectivity index (χ2v) is 5.36. The van der Waals surface area contributed by atoms with Crippen LogP contribution in [0.15, 0.2) is 54.3 Å². The maximum atomic E-state index is 12.8. The van der Waals surface area contributed by atoms with Crippen LogP contribution in [-0.2, 0) is 19.2 Å². The van der Waals surface area contributed by atoms with Crippen LogP contribution >= 0.6 is 0 Å². The number of carbonyl (C=O) groups is 2. The average molecular weight is 299 g/mol. The molecule has 114 valence electrons. The Morgan fingerprint density at radius 1 is 1.18 bits per heavy atom. The Balaban J connectivity index is 2.06. The van der Waals surface area contributed by atoms with Gasteiger partial charge in [-0.2, -0.15) is 0 Å². The van der Waals surface area contributed by atoms with Crippen LogP contribution in [0.4, 0.5) is 0 Å². The zero-order chi connectivity index (χ0) is 15.7. The van der Waals surface area contributed by atoms with Crippen molar-refractivity contribution < 1.29 is 19.2 Å². The van der Waals surface area contributed by atoms with Crippen LogP contribution in [0.3, 0.4) is 0 Å². The number of hydroxylamine groups is 2. The SMILES string of the molecule is COC1=CC(=O)C=C[C@@]12C[C@H](c1ccccc1)C(=O)N2OC. The van der Waals surface area contributed by atoms with E-state index >= 15 is 0 Å². The monoisotopic (exact) mass is 299 g/mol.